The van der Waals surface area contributed by atoms with Crippen LogP contribution >= 0.6 is 0 Å². The Morgan fingerprint density at radius 3 is 2.48 bits per heavy atom. The van der Waals surface area contributed by atoms with Gasteiger partial charge in [0.1, 0.15) is 11.9 Å². The maximum atomic E-state index is 12.3. The summed E-state index contributed by atoms with van der Waals surface area (Å²) in [6.07, 6.45) is -0.883. The van der Waals surface area contributed by atoms with Gasteiger partial charge in [-0.1, -0.05) is 12.1 Å². The first-order chi connectivity index (χ1) is 13.0. The number of aryl methyl sites for hydroxylation is 1. The Morgan fingerprint density at radius 2 is 1.81 bits per heavy atom. The van der Waals surface area contributed by atoms with Gasteiger partial charge in [0.05, 0.1) is 11.0 Å². The molecular formula is C20H19N3O4. The van der Waals surface area contributed by atoms with E-state index in [2.05, 4.69) is 10.3 Å². The van der Waals surface area contributed by atoms with Gasteiger partial charge < -0.3 is 19.7 Å². The number of carbonyl (C=O) groups is 2. The third-order valence-electron chi connectivity index (χ3n) is 4.79. The summed E-state index contributed by atoms with van der Waals surface area (Å²) in [6.45, 7) is 0. The molecule has 0 spiro atoms. The van der Waals surface area contributed by atoms with Gasteiger partial charge >= 0.3 is 5.97 Å². The minimum atomic E-state index is -1.03. The van der Waals surface area contributed by atoms with Crippen molar-refractivity contribution in [3.63, 3.8) is 0 Å². The molecule has 27 heavy (non-hydrogen) atoms. The van der Waals surface area contributed by atoms with E-state index in [9.17, 15) is 9.59 Å². The minimum absolute atomic E-state index is 0.325. The number of benzene rings is 2. The van der Waals surface area contributed by atoms with E-state index in [1.54, 1.807) is 12.1 Å². The molecule has 1 saturated heterocycles. The van der Waals surface area contributed by atoms with E-state index in [4.69, 9.17) is 9.84 Å². The largest absolute Gasteiger partial charge is 0.479 e. The van der Waals surface area contributed by atoms with Crippen molar-refractivity contribution in [1.29, 1.82) is 0 Å². The number of carboxylic acids is 1. The first kappa shape index (κ1) is 17.2. The fourth-order valence-corrected chi connectivity index (χ4v) is 3.34. The summed E-state index contributed by atoms with van der Waals surface area (Å²) in [7, 11) is 1.97. The van der Waals surface area contributed by atoms with Crippen molar-refractivity contribution in [2.24, 2.45) is 7.05 Å². The molecule has 7 heteroatoms. The summed E-state index contributed by atoms with van der Waals surface area (Å²) < 4.78 is 7.30. The standard InChI is InChI=1S/C20H19N3O4/c1-23-15-5-3-2-4-14(15)22-18(23)12-6-8-13(9-7-12)21-19(24)16-10-11-17(27-16)20(25)26/h2-9,16-17H,10-11H2,1H3,(H,21,24)(H,25,26)/t16-,17+/m0/s1. The molecule has 0 bridgehead atoms. The minimum Gasteiger partial charge on any atom is -0.479 e. The lowest BCUT2D eigenvalue weighted by molar-refractivity contribution is -0.150. The summed E-state index contributed by atoms with van der Waals surface area (Å²) in [5, 5.41) is 11.7. The normalized spacial score (nSPS) is 19.3. The average Bonchev–Trinajstić information content (AvgIpc) is 3.29. The van der Waals surface area contributed by atoms with Gasteiger partial charge in [-0.25, -0.2) is 9.78 Å². The molecule has 1 aliphatic heterocycles. The van der Waals surface area contributed by atoms with Crippen LogP contribution in [0.25, 0.3) is 22.4 Å². The smallest absolute Gasteiger partial charge is 0.332 e. The number of hydrogen-bond acceptors (Lipinski definition) is 4. The first-order valence-electron chi connectivity index (χ1n) is 8.74. The Balaban J connectivity index is 1.48. The number of fused-ring (bicyclic) bond motifs is 1. The SMILES string of the molecule is Cn1c(-c2ccc(NC(=O)[C@@H]3CC[C@H](C(=O)O)O3)cc2)nc2ccccc21. The molecule has 0 saturated carbocycles. The first-order valence-corrected chi connectivity index (χ1v) is 8.74. The third kappa shape index (κ3) is 3.29. The fraction of sp³-hybridized carbons (Fsp3) is 0.250. The highest BCUT2D eigenvalue weighted by atomic mass is 16.5. The van der Waals surface area contributed by atoms with E-state index in [0.717, 1.165) is 22.4 Å². The van der Waals surface area contributed by atoms with E-state index in [1.165, 1.54) is 0 Å². The van der Waals surface area contributed by atoms with Crippen LogP contribution in [0, 0.1) is 0 Å². The second-order valence-corrected chi connectivity index (χ2v) is 6.58. The maximum absolute atomic E-state index is 12.3. The van der Waals surface area contributed by atoms with E-state index >= 15 is 0 Å². The van der Waals surface area contributed by atoms with Crippen LogP contribution in [0.5, 0.6) is 0 Å². The summed E-state index contributed by atoms with van der Waals surface area (Å²) in [6, 6.07) is 15.3. The number of carbonyl (C=O) groups excluding carboxylic acids is 1. The molecule has 138 valence electrons. The molecule has 4 rings (SSSR count). The number of amides is 1. The number of carboxylic acid groups (broad SMARTS) is 1. The van der Waals surface area contributed by atoms with Gasteiger partial charge in [-0.3, -0.25) is 4.79 Å². The van der Waals surface area contributed by atoms with Crippen LogP contribution in [0.3, 0.4) is 0 Å². The summed E-state index contributed by atoms with van der Waals surface area (Å²) in [5.41, 5.74) is 3.55. The van der Waals surface area contributed by atoms with Crippen LogP contribution in [-0.4, -0.2) is 38.7 Å². The highest BCUT2D eigenvalue weighted by molar-refractivity contribution is 5.95. The van der Waals surface area contributed by atoms with Crippen LogP contribution in [-0.2, 0) is 21.4 Å². The van der Waals surface area contributed by atoms with Gasteiger partial charge in [0.25, 0.3) is 5.91 Å². The number of nitrogens with zero attached hydrogens (tertiary/aromatic N) is 2. The summed E-state index contributed by atoms with van der Waals surface area (Å²) >= 11 is 0. The van der Waals surface area contributed by atoms with Gasteiger partial charge in [-0.05, 0) is 49.2 Å². The second kappa shape index (κ2) is 6.85. The zero-order valence-electron chi connectivity index (χ0n) is 14.8. The fourth-order valence-electron chi connectivity index (χ4n) is 3.34. The number of nitrogens with one attached hydrogen (secondary N) is 1. The molecule has 3 aromatic rings. The molecule has 1 aliphatic rings. The number of aromatic nitrogens is 2. The Bertz CT molecular complexity index is 1010. The number of imidazole rings is 1. The summed E-state index contributed by atoms with van der Waals surface area (Å²) in [4.78, 5) is 27.9. The quantitative estimate of drug-likeness (QED) is 0.742. The molecule has 2 aromatic carbocycles. The molecule has 7 nitrogen and oxygen atoms in total. The van der Waals surface area contributed by atoms with E-state index in [-0.39, 0.29) is 5.91 Å². The second-order valence-electron chi connectivity index (χ2n) is 6.58. The van der Waals surface area contributed by atoms with Crippen molar-refractivity contribution in [3.05, 3.63) is 48.5 Å². The number of aliphatic carboxylic acids is 1. The molecule has 0 radical (unpaired) electrons. The molecule has 2 atom stereocenters. The summed E-state index contributed by atoms with van der Waals surface area (Å²) in [5.74, 6) is -0.510. The number of hydrogen-bond donors (Lipinski definition) is 2. The van der Waals surface area contributed by atoms with E-state index in [0.29, 0.717) is 18.5 Å². The van der Waals surface area contributed by atoms with Crippen molar-refractivity contribution in [1.82, 2.24) is 9.55 Å². The predicted molar refractivity (Wildman–Crippen MR) is 100 cm³/mol. The van der Waals surface area contributed by atoms with Crippen molar-refractivity contribution in [3.8, 4) is 11.4 Å². The topological polar surface area (TPSA) is 93.5 Å². The van der Waals surface area contributed by atoms with Crippen LogP contribution in [0.1, 0.15) is 12.8 Å². The van der Waals surface area contributed by atoms with Crippen LogP contribution in [0.15, 0.2) is 48.5 Å². The monoisotopic (exact) mass is 365 g/mol. The third-order valence-corrected chi connectivity index (χ3v) is 4.79. The van der Waals surface area contributed by atoms with Crippen molar-refractivity contribution in [2.75, 3.05) is 5.32 Å². The van der Waals surface area contributed by atoms with Gasteiger partial charge in [-0.15, -0.1) is 0 Å². The molecule has 1 fully saturated rings. The molecule has 0 aliphatic carbocycles. The molecule has 2 N–H and O–H groups in total. The Hall–Kier alpha value is -3.19. The Kier molecular flexibility index (Phi) is 4.37. The Morgan fingerprint density at radius 1 is 1.11 bits per heavy atom. The van der Waals surface area contributed by atoms with Crippen molar-refractivity contribution >= 4 is 28.6 Å². The van der Waals surface area contributed by atoms with Gasteiger partial charge in [0, 0.05) is 18.3 Å². The molecule has 2 heterocycles. The van der Waals surface area contributed by atoms with Crippen molar-refractivity contribution in [2.45, 2.75) is 25.0 Å². The van der Waals surface area contributed by atoms with Crippen LogP contribution in [0.2, 0.25) is 0 Å². The lowest BCUT2D eigenvalue weighted by Gasteiger charge is -2.12. The molecule has 1 amide bonds. The average molecular weight is 365 g/mol. The van der Waals surface area contributed by atoms with Gasteiger partial charge in [0.2, 0.25) is 0 Å². The van der Waals surface area contributed by atoms with Gasteiger partial charge in [-0.2, -0.15) is 0 Å². The van der Waals surface area contributed by atoms with E-state index < -0.39 is 18.2 Å². The maximum Gasteiger partial charge on any atom is 0.332 e. The Labute approximate surface area is 155 Å². The van der Waals surface area contributed by atoms with Crippen LogP contribution < -0.4 is 5.32 Å². The van der Waals surface area contributed by atoms with Gasteiger partial charge in [0.15, 0.2) is 6.10 Å². The highest BCUT2D eigenvalue weighted by Crippen LogP contribution is 2.25. The molecule has 1 aromatic heterocycles. The van der Waals surface area contributed by atoms with E-state index in [1.807, 2.05) is 48.0 Å². The lowest BCUT2D eigenvalue weighted by atomic mass is 10.1. The number of ether oxygens (including phenoxy) is 1. The van der Waals surface area contributed by atoms with Crippen molar-refractivity contribution < 1.29 is 19.4 Å². The number of rotatable bonds is 4. The van der Waals surface area contributed by atoms with Crippen LogP contribution in [0.4, 0.5) is 5.69 Å². The predicted octanol–water partition coefficient (Wildman–Crippen LogP) is 2.81. The lowest BCUT2D eigenvalue weighted by Crippen LogP contribution is -2.29. The zero-order chi connectivity index (χ0) is 19.0. The zero-order valence-corrected chi connectivity index (χ0v) is 14.8. The molecular weight excluding hydrogens is 346 g/mol. The number of para-hydroxylation sites is 2. The molecule has 0 unspecified atom stereocenters. The highest BCUT2D eigenvalue weighted by Gasteiger charge is 2.34. The number of anilines is 1.